The highest BCUT2D eigenvalue weighted by atomic mass is 28.4. The molecule has 0 spiro atoms. The van der Waals surface area contributed by atoms with E-state index in [2.05, 4.69) is 69.3 Å². The monoisotopic (exact) mass is 382 g/mol. The van der Waals surface area contributed by atoms with Crippen molar-refractivity contribution in [3.05, 3.63) is 60.7 Å². The summed E-state index contributed by atoms with van der Waals surface area (Å²) in [6.45, 7) is 6.84. The molecule has 0 saturated heterocycles. The van der Waals surface area contributed by atoms with Gasteiger partial charge in [0.05, 0.1) is 5.92 Å². The molecule has 0 bridgehead atoms. The molecule has 144 valence electrons. The number of carboxylic acids is 1. The van der Waals surface area contributed by atoms with E-state index in [4.69, 9.17) is 4.43 Å². The highest BCUT2D eigenvalue weighted by molar-refractivity contribution is 6.99. The molecule has 0 aromatic heterocycles. The van der Waals surface area contributed by atoms with Gasteiger partial charge < -0.3 is 9.53 Å². The van der Waals surface area contributed by atoms with Crippen LogP contribution in [0.1, 0.15) is 46.5 Å². The van der Waals surface area contributed by atoms with Crippen LogP contribution in [0.15, 0.2) is 60.7 Å². The molecule has 0 atom stereocenters. The van der Waals surface area contributed by atoms with E-state index in [0.29, 0.717) is 12.8 Å². The molecule has 0 radical (unpaired) electrons. The maximum atomic E-state index is 11.3. The molecule has 3 nitrogen and oxygen atoms in total. The number of rotatable bonds is 5. The van der Waals surface area contributed by atoms with Gasteiger partial charge in [-0.1, -0.05) is 81.4 Å². The quantitative estimate of drug-likeness (QED) is 0.788. The second-order valence-corrected chi connectivity index (χ2v) is 12.8. The summed E-state index contributed by atoms with van der Waals surface area (Å²) in [5, 5.41) is 11.8. The molecular weight excluding hydrogens is 352 g/mol. The molecule has 3 rings (SSSR count). The summed E-state index contributed by atoms with van der Waals surface area (Å²) in [6.07, 6.45) is 3.17. The van der Waals surface area contributed by atoms with Gasteiger partial charge in [-0.25, -0.2) is 0 Å². The van der Waals surface area contributed by atoms with Crippen molar-refractivity contribution in [3.63, 3.8) is 0 Å². The number of carbonyl (C=O) groups is 1. The Hall–Kier alpha value is -1.91. The molecule has 2 aromatic rings. The van der Waals surface area contributed by atoms with Gasteiger partial charge in [0, 0.05) is 6.10 Å². The number of hydrogen-bond acceptors (Lipinski definition) is 2. The summed E-state index contributed by atoms with van der Waals surface area (Å²) >= 11 is 0. The Balaban J connectivity index is 2.01. The summed E-state index contributed by atoms with van der Waals surface area (Å²) in [7, 11) is -2.53. The number of hydrogen-bond donors (Lipinski definition) is 1. The van der Waals surface area contributed by atoms with Gasteiger partial charge in [0.1, 0.15) is 0 Å². The van der Waals surface area contributed by atoms with Crippen molar-refractivity contribution in [2.24, 2.45) is 5.92 Å². The van der Waals surface area contributed by atoms with Crippen LogP contribution in [-0.2, 0) is 9.22 Å². The average molecular weight is 383 g/mol. The van der Waals surface area contributed by atoms with E-state index in [-0.39, 0.29) is 17.1 Å². The minimum Gasteiger partial charge on any atom is -0.481 e. The smallest absolute Gasteiger partial charge is 0.306 e. The van der Waals surface area contributed by atoms with Crippen molar-refractivity contribution in [2.75, 3.05) is 0 Å². The Labute approximate surface area is 163 Å². The third-order valence-electron chi connectivity index (χ3n) is 5.78. The zero-order chi connectivity index (χ0) is 19.5. The molecule has 1 fully saturated rings. The Kier molecular flexibility index (Phi) is 5.87. The fraction of sp³-hybridized carbons (Fsp3) is 0.435. The second kappa shape index (κ2) is 7.99. The lowest BCUT2D eigenvalue weighted by Gasteiger charge is -2.46. The Bertz CT molecular complexity index is 705. The lowest BCUT2D eigenvalue weighted by atomic mass is 9.88. The third kappa shape index (κ3) is 4.02. The first-order valence-corrected chi connectivity index (χ1v) is 11.8. The molecule has 0 aliphatic heterocycles. The first-order valence-electron chi connectivity index (χ1n) is 9.86. The molecule has 0 heterocycles. The van der Waals surface area contributed by atoms with Crippen LogP contribution in [0.2, 0.25) is 5.04 Å². The van der Waals surface area contributed by atoms with Crippen LogP contribution < -0.4 is 10.4 Å². The van der Waals surface area contributed by atoms with Crippen molar-refractivity contribution in [3.8, 4) is 0 Å². The molecule has 2 aromatic carbocycles. The minimum absolute atomic E-state index is 0.0423. The number of benzene rings is 2. The van der Waals surface area contributed by atoms with E-state index < -0.39 is 14.3 Å². The van der Waals surface area contributed by atoms with Gasteiger partial charge in [0.2, 0.25) is 0 Å². The standard InChI is InChI=1S/C23H30O3Si/c1-23(2,3)27(20-10-6-4-7-11-20,21-12-8-5-9-13-21)26-19-16-14-18(15-17-19)22(24)25/h4-13,18-19H,14-17H2,1-3H3,(H,24,25). The predicted octanol–water partition coefficient (Wildman–Crippen LogP) is 4.21. The number of aliphatic carboxylic acids is 1. The normalized spacial score (nSPS) is 21.0. The SMILES string of the molecule is CC(C)(C)[Si](OC1CCC(C(=O)O)CC1)(c1ccccc1)c1ccccc1. The maximum absolute atomic E-state index is 11.3. The maximum Gasteiger partial charge on any atom is 0.306 e. The predicted molar refractivity (Wildman–Crippen MR) is 112 cm³/mol. The van der Waals surface area contributed by atoms with Gasteiger partial charge in [-0.15, -0.1) is 0 Å². The minimum atomic E-state index is -2.53. The summed E-state index contributed by atoms with van der Waals surface area (Å²) in [5.74, 6) is -0.886. The van der Waals surface area contributed by atoms with E-state index in [0.717, 1.165) is 12.8 Å². The van der Waals surface area contributed by atoms with E-state index >= 15 is 0 Å². The van der Waals surface area contributed by atoms with Crippen molar-refractivity contribution in [2.45, 2.75) is 57.6 Å². The van der Waals surface area contributed by atoms with Gasteiger partial charge >= 0.3 is 5.97 Å². The summed E-state index contributed by atoms with van der Waals surface area (Å²) in [4.78, 5) is 11.3. The zero-order valence-electron chi connectivity index (χ0n) is 16.5. The largest absolute Gasteiger partial charge is 0.481 e. The van der Waals surface area contributed by atoms with Crippen molar-refractivity contribution in [1.82, 2.24) is 0 Å². The summed E-state index contributed by atoms with van der Waals surface area (Å²) in [6, 6.07) is 21.3. The van der Waals surface area contributed by atoms with Crippen molar-refractivity contribution >= 4 is 24.7 Å². The van der Waals surface area contributed by atoms with Crippen LogP contribution in [0.4, 0.5) is 0 Å². The highest BCUT2D eigenvalue weighted by Crippen LogP contribution is 2.39. The lowest BCUT2D eigenvalue weighted by molar-refractivity contribution is -0.143. The third-order valence-corrected chi connectivity index (χ3v) is 10.9. The Morgan fingerprint density at radius 2 is 1.33 bits per heavy atom. The van der Waals surface area contributed by atoms with E-state index in [1.807, 2.05) is 12.1 Å². The molecule has 27 heavy (non-hydrogen) atoms. The van der Waals surface area contributed by atoms with Gasteiger partial charge in [0.15, 0.2) is 0 Å². The van der Waals surface area contributed by atoms with Crippen molar-refractivity contribution < 1.29 is 14.3 Å². The second-order valence-electron chi connectivity index (χ2n) is 8.59. The molecular formula is C23H30O3Si. The van der Waals surface area contributed by atoms with Gasteiger partial charge in [0.25, 0.3) is 8.32 Å². The average Bonchev–Trinajstić information content (AvgIpc) is 2.67. The molecule has 1 aliphatic carbocycles. The van der Waals surface area contributed by atoms with Crippen LogP contribution in [0.3, 0.4) is 0 Å². The van der Waals surface area contributed by atoms with Crippen LogP contribution in [0, 0.1) is 5.92 Å². The molecule has 1 aliphatic rings. The van der Waals surface area contributed by atoms with E-state index in [1.165, 1.54) is 10.4 Å². The van der Waals surface area contributed by atoms with Crippen LogP contribution >= 0.6 is 0 Å². The van der Waals surface area contributed by atoms with Crippen LogP contribution in [-0.4, -0.2) is 25.5 Å². The van der Waals surface area contributed by atoms with Gasteiger partial charge in [-0.05, 0) is 41.1 Å². The zero-order valence-corrected chi connectivity index (χ0v) is 17.5. The molecule has 1 N–H and O–H groups in total. The summed E-state index contributed by atoms with van der Waals surface area (Å²) < 4.78 is 7.09. The highest BCUT2D eigenvalue weighted by Gasteiger charge is 2.51. The number of carboxylic acid groups (broad SMARTS) is 1. The van der Waals surface area contributed by atoms with Gasteiger partial charge in [-0.2, -0.15) is 0 Å². The molecule has 1 saturated carbocycles. The fourth-order valence-corrected chi connectivity index (χ4v) is 9.12. The topological polar surface area (TPSA) is 46.5 Å². The molecule has 0 amide bonds. The first-order chi connectivity index (χ1) is 12.8. The lowest BCUT2D eigenvalue weighted by Crippen LogP contribution is -2.67. The molecule has 4 heteroatoms. The Morgan fingerprint density at radius 3 is 1.70 bits per heavy atom. The van der Waals surface area contributed by atoms with E-state index in [9.17, 15) is 9.90 Å². The van der Waals surface area contributed by atoms with Crippen molar-refractivity contribution in [1.29, 1.82) is 0 Å². The van der Waals surface area contributed by atoms with E-state index in [1.54, 1.807) is 0 Å². The van der Waals surface area contributed by atoms with Crippen LogP contribution in [0.5, 0.6) is 0 Å². The van der Waals surface area contributed by atoms with Gasteiger partial charge in [-0.3, -0.25) is 4.79 Å². The molecule has 0 unspecified atom stereocenters. The Morgan fingerprint density at radius 1 is 0.889 bits per heavy atom. The first kappa shape index (κ1) is 19.8. The van der Waals surface area contributed by atoms with Crippen LogP contribution in [0.25, 0.3) is 0 Å². The summed E-state index contributed by atoms with van der Waals surface area (Å²) in [5.41, 5.74) is 0. The fourth-order valence-electron chi connectivity index (χ4n) is 4.37.